The predicted octanol–water partition coefficient (Wildman–Crippen LogP) is 3.55. The molecule has 0 radical (unpaired) electrons. The van der Waals surface area contributed by atoms with E-state index in [1.54, 1.807) is 11.3 Å². The third-order valence-corrected chi connectivity index (χ3v) is 4.87. The zero-order chi connectivity index (χ0) is 15.9. The third-order valence-electron chi connectivity index (χ3n) is 3.94. The number of aryl methyl sites for hydroxylation is 1. The topological polar surface area (TPSA) is 41.6 Å². The van der Waals surface area contributed by atoms with Crippen LogP contribution in [0.1, 0.15) is 17.7 Å². The van der Waals surface area contributed by atoms with Gasteiger partial charge in [-0.25, -0.2) is 0 Å². The van der Waals surface area contributed by atoms with Gasteiger partial charge in [-0.1, -0.05) is 18.2 Å². The first-order chi connectivity index (χ1) is 11.3. The molecule has 0 aliphatic carbocycles. The second-order valence-electron chi connectivity index (χ2n) is 5.60. The number of thiophene rings is 1. The molecule has 1 aromatic heterocycles. The Morgan fingerprint density at radius 1 is 1.17 bits per heavy atom. The minimum atomic E-state index is 0.0854. The molecule has 0 unspecified atom stereocenters. The number of ether oxygens (including phenoxy) is 1. The van der Waals surface area contributed by atoms with E-state index in [0.717, 1.165) is 50.5 Å². The maximum atomic E-state index is 12.2. The van der Waals surface area contributed by atoms with Crippen molar-refractivity contribution in [2.45, 2.75) is 19.3 Å². The normalized spacial score (nSPS) is 14.7. The lowest BCUT2D eigenvalue weighted by atomic mass is 10.2. The van der Waals surface area contributed by atoms with E-state index in [-0.39, 0.29) is 5.91 Å². The Morgan fingerprint density at radius 2 is 2.00 bits per heavy atom. The molecule has 5 heteroatoms. The van der Waals surface area contributed by atoms with Crippen molar-refractivity contribution in [2.24, 2.45) is 0 Å². The highest BCUT2D eigenvalue weighted by atomic mass is 32.1. The van der Waals surface area contributed by atoms with Gasteiger partial charge in [-0.15, -0.1) is 11.3 Å². The molecule has 1 N–H and O–H groups in total. The number of carbonyl (C=O) groups excluding carboxylic acids is 1. The molecule has 1 aromatic carbocycles. The molecule has 2 aromatic rings. The average Bonchev–Trinajstić information content (AvgIpc) is 3.09. The molecule has 1 fully saturated rings. The van der Waals surface area contributed by atoms with Crippen LogP contribution in [-0.4, -0.2) is 32.2 Å². The summed E-state index contributed by atoms with van der Waals surface area (Å²) in [6.45, 7) is 3.21. The SMILES string of the molecule is O=C(CCCc1cccs1)Nc1ccccc1N1CCOCC1. The zero-order valence-corrected chi connectivity index (χ0v) is 14.0. The van der Waals surface area contributed by atoms with Crippen LogP contribution in [0, 0.1) is 0 Å². The summed E-state index contributed by atoms with van der Waals surface area (Å²) >= 11 is 1.75. The fourth-order valence-corrected chi connectivity index (χ4v) is 3.50. The van der Waals surface area contributed by atoms with Gasteiger partial charge in [0.2, 0.25) is 5.91 Å². The van der Waals surface area contributed by atoms with Crippen LogP contribution >= 0.6 is 11.3 Å². The van der Waals surface area contributed by atoms with E-state index in [9.17, 15) is 4.79 Å². The molecule has 1 amide bonds. The number of rotatable bonds is 6. The maximum Gasteiger partial charge on any atom is 0.224 e. The van der Waals surface area contributed by atoms with Crippen LogP contribution in [0.4, 0.5) is 11.4 Å². The number of benzene rings is 1. The summed E-state index contributed by atoms with van der Waals surface area (Å²) in [5.74, 6) is 0.0854. The molecule has 3 rings (SSSR count). The lowest BCUT2D eigenvalue weighted by Gasteiger charge is -2.30. The Labute approximate surface area is 141 Å². The number of morpholine rings is 1. The predicted molar refractivity (Wildman–Crippen MR) is 95.4 cm³/mol. The van der Waals surface area contributed by atoms with Gasteiger partial charge in [0.25, 0.3) is 0 Å². The minimum Gasteiger partial charge on any atom is -0.378 e. The van der Waals surface area contributed by atoms with Crippen LogP contribution in [0.25, 0.3) is 0 Å². The Kier molecular flexibility index (Phi) is 5.66. The first-order valence-corrected chi connectivity index (χ1v) is 8.95. The van der Waals surface area contributed by atoms with Gasteiger partial charge in [-0.3, -0.25) is 4.79 Å². The molecular weight excluding hydrogens is 308 g/mol. The number of nitrogens with zero attached hydrogens (tertiary/aromatic N) is 1. The zero-order valence-electron chi connectivity index (χ0n) is 13.2. The number of amides is 1. The lowest BCUT2D eigenvalue weighted by Crippen LogP contribution is -2.36. The lowest BCUT2D eigenvalue weighted by molar-refractivity contribution is -0.116. The first kappa shape index (κ1) is 16.0. The summed E-state index contributed by atoms with van der Waals surface area (Å²) in [7, 11) is 0. The Balaban J connectivity index is 1.55. The summed E-state index contributed by atoms with van der Waals surface area (Å²) in [5, 5.41) is 5.15. The summed E-state index contributed by atoms with van der Waals surface area (Å²) in [6.07, 6.45) is 2.40. The fraction of sp³-hybridized carbons (Fsp3) is 0.389. The Morgan fingerprint density at radius 3 is 2.78 bits per heavy atom. The molecular formula is C18H22N2O2S. The minimum absolute atomic E-state index is 0.0854. The van der Waals surface area contributed by atoms with Gasteiger partial charge in [-0.2, -0.15) is 0 Å². The largest absolute Gasteiger partial charge is 0.378 e. The van der Waals surface area contributed by atoms with Gasteiger partial charge in [0.1, 0.15) is 0 Å². The number of hydrogen-bond acceptors (Lipinski definition) is 4. The van der Waals surface area contributed by atoms with Crippen LogP contribution in [-0.2, 0) is 16.0 Å². The van der Waals surface area contributed by atoms with Crippen molar-refractivity contribution in [3.63, 3.8) is 0 Å². The number of nitrogens with one attached hydrogen (secondary N) is 1. The van der Waals surface area contributed by atoms with Gasteiger partial charge < -0.3 is 15.0 Å². The molecule has 122 valence electrons. The van der Waals surface area contributed by atoms with Crippen molar-refractivity contribution in [3.8, 4) is 0 Å². The van der Waals surface area contributed by atoms with E-state index < -0.39 is 0 Å². The van der Waals surface area contributed by atoms with Crippen molar-refractivity contribution in [2.75, 3.05) is 36.5 Å². The molecule has 0 spiro atoms. The highest BCUT2D eigenvalue weighted by molar-refractivity contribution is 7.09. The van der Waals surface area contributed by atoms with E-state index in [1.807, 2.05) is 18.2 Å². The molecule has 1 saturated heterocycles. The maximum absolute atomic E-state index is 12.2. The van der Waals surface area contributed by atoms with Gasteiger partial charge in [0, 0.05) is 24.4 Å². The fourth-order valence-electron chi connectivity index (χ4n) is 2.75. The van der Waals surface area contributed by atoms with Crippen LogP contribution in [0.2, 0.25) is 0 Å². The van der Waals surface area contributed by atoms with Crippen LogP contribution in [0.5, 0.6) is 0 Å². The first-order valence-electron chi connectivity index (χ1n) is 8.07. The van der Waals surface area contributed by atoms with Crippen LogP contribution < -0.4 is 10.2 Å². The smallest absolute Gasteiger partial charge is 0.224 e. The third kappa shape index (κ3) is 4.56. The highest BCUT2D eigenvalue weighted by Gasteiger charge is 2.15. The molecule has 1 aliphatic rings. The summed E-state index contributed by atoms with van der Waals surface area (Å²) < 4.78 is 5.40. The Hall–Kier alpha value is -1.85. The molecule has 23 heavy (non-hydrogen) atoms. The van der Waals surface area contributed by atoms with E-state index in [2.05, 4.69) is 33.8 Å². The summed E-state index contributed by atoms with van der Waals surface area (Å²) in [4.78, 5) is 15.8. The van der Waals surface area contributed by atoms with Gasteiger partial charge in [0.15, 0.2) is 0 Å². The van der Waals surface area contributed by atoms with Crippen LogP contribution in [0.15, 0.2) is 41.8 Å². The summed E-state index contributed by atoms with van der Waals surface area (Å²) in [6, 6.07) is 12.2. The van der Waals surface area contributed by atoms with Crippen molar-refractivity contribution >= 4 is 28.6 Å². The number of anilines is 2. The van der Waals surface area contributed by atoms with E-state index in [4.69, 9.17) is 4.74 Å². The Bertz CT molecular complexity index is 622. The second kappa shape index (κ2) is 8.13. The van der Waals surface area contributed by atoms with Crippen molar-refractivity contribution in [3.05, 3.63) is 46.7 Å². The number of hydrogen-bond donors (Lipinski definition) is 1. The quantitative estimate of drug-likeness (QED) is 0.881. The van der Waals surface area contributed by atoms with E-state index in [1.165, 1.54) is 4.88 Å². The number of carbonyl (C=O) groups is 1. The molecule has 0 saturated carbocycles. The van der Waals surface area contributed by atoms with Crippen molar-refractivity contribution < 1.29 is 9.53 Å². The molecule has 0 bridgehead atoms. The van der Waals surface area contributed by atoms with E-state index in [0.29, 0.717) is 6.42 Å². The summed E-state index contributed by atoms with van der Waals surface area (Å²) in [5.41, 5.74) is 1.98. The second-order valence-corrected chi connectivity index (χ2v) is 6.63. The van der Waals surface area contributed by atoms with Crippen molar-refractivity contribution in [1.29, 1.82) is 0 Å². The standard InChI is InChI=1S/C18H22N2O2S/c21-18(9-3-5-15-6-4-14-23-15)19-16-7-1-2-8-17(16)20-10-12-22-13-11-20/h1-2,4,6-8,14H,3,5,9-13H2,(H,19,21). The number of para-hydroxylation sites is 2. The van der Waals surface area contributed by atoms with Crippen LogP contribution in [0.3, 0.4) is 0 Å². The van der Waals surface area contributed by atoms with Gasteiger partial charge >= 0.3 is 0 Å². The van der Waals surface area contributed by atoms with Gasteiger partial charge in [-0.05, 0) is 36.4 Å². The molecule has 4 nitrogen and oxygen atoms in total. The average molecular weight is 330 g/mol. The molecule has 0 atom stereocenters. The van der Waals surface area contributed by atoms with E-state index >= 15 is 0 Å². The van der Waals surface area contributed by atoms with Crippen molar-refractivity contribution in [1.82, 2.24) is 0 Å². The highest BCUT2D eigenvalue weighted by Crippen LogP contribution is 2.26. The van der Waals surface area contributed by atoms with Gasteiger partial charge in [0.05, 0.1) is 24.6 Å². The monoisotopic (exact) mass is 330 g/mol. The molecule has 1 aliphatic heterocycles. The molecule has 2 heterocycles.